The fraction of sp³-hybridized carbons (Fsp3) is 0.489. The maximum absolute atomic E-state index is 14.6. The number of likely N-dealkylation sites (tertiary alicyclic amines) is 2. The first-order valence-electron chi connectivity index (χ1n) is 22.2. The second kappa shape index (κ2) is 17.5. The van der Waals surface area contributed by atoms with Crippen molar-refractivity contribution >= 4 is 68.8 Å². The summed E-state index contributed by atoms with van der Waals surface area (Å²) in [5, 5.41) is 7.57. The molecule has 6 heterocycles. The quantitative estimate of drug-likeness (QED) is 0.104. The number of aromatic nitrogens is 4. The Bertz CT molecular complexity index is 2620. The molecule has 3 saturated heterocycles. The third kappa shape index (κ3) is 7.91. The molecule has 0 bridgehead atoms. The van der Waals surface area contributed by atoms with Crippen molar-refractivity contribution < 1.29 is 36.5 Å². The number of fused-ring (bicyclic) bond motifs is 6. The zero-order chi connectivity index (χ0) is 45.0. The van der Waals surface area contributed by atoms with Gasteiger partial charge in [0.1, 0.15) is 36.1 Å². The number of methoxy groups -OCH3 is 1. The monoisotopic (exact) mass is 986 g/mol. The second-order valence-electron chi connectivity index (χ2n) is 18.4. The summed E-state index contributed by atoms with van der Waals surface area (Å²) in [4.78, 5) is 74.0. The lowest BCUT2D eigenvalue weighted by atomic mass is 9.75. The summed E-state index contributed by atoms with van der Waals surface area (Å²) in [5.74, 6) is 1.76. The van der Waals surface area contributed by atoms with Crippen LogP contribution in [0.4, 0.5) is 9.59 Å². The number of ether oxygens (including phenoxy) is 3. The number of hydrogen-bond acceptors (Lipinski definition) is 10. The Kier molecular flexibility index (Phi) is 12.0. The number of nitrogens with one attached hydrogen (secondary N) is 4. The number of carbonyl (C=O) groups excluding carboxylic acids is 4. The zero-order valence-corrected chi connectivity index (χ0v) is 39.1. The molecule has 9 rings (SSSR count). The predicted molar refractivity (Wildman–Crippen MR) is 247 cm³/mol. The van der Waals surface area contributed by atoms with Gasteiger partial charge >= 0.3 is 12.2 Å². The molecule has 3 fully saturated rings. The van der Waals surface area contributed by atoms with E-state index in [4.69, 9.17) is 27.2 Å². The van der Waals surface area contributed by atoms with Gasteiger partial charge in [0.05, 0.1) is 42.1 Å². The van der Waals surface area contributed by atoms with Gasteiger partial charge in [-0.3, -0.25) is 9.59 Å². The fourth-order valence-corrected chi connectivity index (χ4v) is 10.5. The van der Waals surface area contributed by atoms with E-state index >= 15 is 0 Å². The van der Waals surface area contributed by atoms with Crippen molar-refractivity contribution in [2.45, 2.75) is 116 Å². The number of hydrogen-bond donors (Lipinski definition) is 4. The van der Waals surface area contributed by atoms with E-state index in [0.29, 0.717) is 44.3 Å². The SMILES string of the molecule is COC(=O)N[C@H](C(=O)N1[C@@H](C)CC[C@H]1c1ncc(-c2ccc3c(c2)COc2cc4c(ccc5[nH]c([C@@H]6CC[C@H](C)N6C(=O)[C@@H](NC(=O)OI)C6(C)CCOCC6)nc54)cc2-3)[nH]1)C(C)C. The number of alkyl carbamates (subject to hydrolysis) is 1. The lowest BCUT2D eigenvalue weighted by Crippen LogP contribution is -2.58. The summed E-state index contributed by atoms with van der Waals surface area (Å²) >= 11 is 1.55. The molecule has 4 amide bonds. The van der Waals surface area contributed by atoms with Crippen molar-refractivity contribution in [3.05, 3.63) is 65.9 Å². The standard InChI is InChI=1S/C47H55IN8O8/c1-24(2)38(53-45(59)61-6)43(57)55-25(3)7-13-35(55)41-49-22-34(51-41)28-9-11-30-29(19-28)23-63-37-21-31-27(20-32(30)37)10-12-33-39(31)52-42(50-33)36-14-8-26(4)56(36)44(58)40(54-46(60)64-48)47(5)15-17-62-18-16-47/h9-12,19-22,24-26,35-36,38,40H,7-8,13-18,23H2,1-6H3,(H,49,51)(H,50,52)(H,53,59)(H,54,60)/t25-,26-,35-,36-,38-,40+/m0/s1. The van der Waals surface area contributed by atoms with E-state index in [-0.39, 0.29) is 41.9 Å². The lowest BCUT2D eigenvalue weighted by molar-refractivity contribution is -0.141. The fourth-order valence-electron chi connectivity index (χ4n) is 10.3. The number of halogens is 1. The highest BCUT2D eigenvalue weighted by molar-refractivity contribution is 14.1. The van der Waals surface area contributed by atoms with E-state index in [2.05, 4.69) is 63.9 Å². The van der Waals surface area contributed by atoms with Crippen LogP contribution >= 0.6 is 23.0 Å². The molecule has 4 aliphatic rings. The minimum Gasteiger partial charge on any atom is -0.488 e. The number of nitrogens with zero attached hydrogens (tertiary/aromatic N) is 4. The smallest absolute Gasteiger partial charge is 0.417 e. The predicted octanol–water partition coefficient (Wildman–Crippen LogP) is 8.41. The van der Waals surface area contributed by atoms with E-state index in [9.17, 15) is 19.2 Å². The Balaban J connectivity index is 0.970. The Morgan fingerprint density at radius 2 is 1.59 bits per heavy atom. The molecule has 0 aliphatic carbocycles. The average molecular weight is 987 g/mol. The van der Waals surface area contributed by atoms with Gasteiger partial charge in [-0.2, -0.15) is 0 Å². The van der Waals surface area contributed by atoms with Crippen molar-refractivity contribution in [2.24, 2.45) is 11.3 Å². The van der Waals surface area contributed by atoms with Gasteiger partial charge < -0.3 is 47.7 Å². The molecule has 4 aliphatic heterocycles. The number of aromatic amines is 2. The van der Waals surface area contributed by atoms with Gasteiger partial charge in [0.15, 0.2) is 23.0 Å². The molecule has 0 unspecified atom stereocenters. The molecule has 16 nitrogen and oxygen atoms in total. The van der Waals surface area contributed by atoms with Crippen LogP contribution in [-0.4, -0.2) is 98.2 Å². The van der Waals surface area contributed by atoms with Crippen molar-refractivity contribution in [1.82, 2.24) is 40.4 Å². The largest absolute Gasteiger partial charge is 0.488 e. The normalized spacial score (nSPS) is 22.4. The Labute approximate surface area is 385 Å². The van der Waals surface area contributed by atoms with Gasteiger partial charge in [-0.15, -0.1) is 0 Å². The molecule has 2 aromatic heterocycles. The molecule has 3 aromatic carbocycles. The van der Waals surface area contributed by atoms with E-state index < -0.39 is 29.7 Å². The highest BCUT2D eigenvalue weighted by atomic mass is 127. The van der Waals surface area contributed by atoms with Gasteiger partial charge in [0.25, 0.3) is 0 Å². The molecule has 0 saturated carbocycles. The van der Waals surface area contributed by atoms with Gasteiger partial charge in [-0.1, -0.05) is 39.0 Å². The molecule has 6 atom stereocenters. The Morgan fingerprint density at radius 3 is 2.30 bits per heavy atom. The number of rotatable bonds is 9. The van der Waals surface area contributed by atoms with Crippen LogP contribution in [0.3, 0.4) is 0 Å². The van der Waals surface area contributed by atoms with Crippen LogP contribution in [0.15, 0.2) is 48.7 Å². The highest BCUT2D eigenvalue weighted by Crippen LogP contribution is 2.45. The van der Waals surface area contributed by atoms with Crippen LogP contribution in [0.5, 0.6) is 5.75 Å². The first-order valence-corrected chi connectivity index (χ1v) is 23.1. The lowest BCUT2D eigenvalue weighted by Gasteiger charge is -2.42. The van der Waals surface area contributed by atoms with Crippen molar-refractivity contribution in [2.75, 3.05) is 20.3 Å². The molecular weight excluding hydrogens is 931 g/mol. The molecule has 0 spiro atoms. The number of imidazole rings is 2. The van der Waals surface area contributed by atoms with Crippen LogP contribution in [0.1, 0.15) is 102 Å². The van der Waals surface area contributed by atoms with Gasteiger partial charge in [0, 0.05) is 41.7 Å². The van der Waals surface area contributed by atoms with Crippen molar-refractivity contribution in [3.63, 3.8) is 0 Å². The van der Waals surface area contributed by atoms with Crippen LogP contribution < -0.4 is 15.4 Å². The van der Waals surface area contributed by atoms with E-state index in [1.165, 1.54) is 7.11 Å². The summed E-state index contributed by atoms with van der Waals surface area (Å²) in [6.07, 6.45) is 4.93. The number of carbonyl (C=O) groups is 4. The van der Waals surface area contributed by atoms with Crippen LogP contribution in [-0.2, 0) is 28.7 Å². The second-order valence-corrected chi connectivity index (χ2v) is 18.9. The minimum absolute atomic E-state index is 0.0192. The van der Waals surface area contributed by atoms with Crippen LogP contribution in [0.2, 0.25) is 0 Å². The summed E-state index contributed by atoms with van der Waals surface area (Å²) in [5.41, 5.74) is 6.07. The number of benzene rings is 3. The average Bonchev–Trinajstić information content (AvgIpc) is 4.12. The highest BCUT2D eigenvalue weighted by Gasteiger charge is 2.48. The van der Waals surface area contributed by atoms with Gasteiger partial charge in [-0.05, 0) is 105 Å². The maximum Gasteiger partial charge on any atom is 0.417 e. The summed E-state index contributed by atoms with van der Waals surface area (Å²) < 4.78 is 21.9. The zero-order valence-electron chi connectivity index (χ0n) is 37.0. The van der Waals surface area contributed by atoms with E-state index in [0.717, 1.165) is 81.2 Å². The molecule has 4 N–H and O–H groups in total. The van der Waals surface area contributed by atoms with Gasteiger partial charge in [0.2, 0.25) is 11.8 Å². The summed E-state index contributed by atoms with van der Waals surface area (Å²) in [6.45, 7) is 11.4. The number of H-pyrrole nitrogens is 2. The third-order valence-electron chi connectivity index (χ3n) is 14.1. The minimum atomic E-state index is -0.780. The summed E-state index contributed by atoms with van der Waals surface area (Å²) in [6, 6.07) is 12.5. The Hall–Kier alpha value is -5.43. The molecule has 64 heavy (non-hydrogen) atoms. The maximum atomic E-state index is 14.6. The van der Waals surface area contributed by atoms with Crippen molar-refractivity contribution in [1.29, 1.82) is 0 Å². The van der Waals surface area contributed by atoms with Crippen molar-refractivity contribution in [3.8, 4) is 28.1 Å². The van der Waals surface area contributed by atoms with E-state index in [1.807, 2.05) is 49.8 Å². The summed E-state index contributed by atoms with van der Waals surface area (Å²) in [7, 11) is 1.29. The van der Waals surface area contributed by atoms with E-state index in [1.54, 1.807) is 23.0 Å². The molecular formula is C47H55IN8O8. The molecule has 0 radical (unpaired) electrons. The molecule has 5 aromatic rings. The first kappa shape index (κ1) is 43.8. The van der Waals surface area contributed by atoms with Crippen LogP contribution in [0.25, 0.3) is 44.2 Å². The van der Waals surface area contributed by atoms with Crippen LogP contribution in [0, 0.1) is 11.3 Å². The Morgan fingerprint density at radius 1 is 0.875 bits per heavy atom. The first-order chi connectivity index (χ1) is 30.8. The molecule has 17 heteroatoms. The van der Waals surface area contributed by atoms with Gasteiger partial charge in [-0.25, -0.2) is 19.6 Å². The topological polar surface area (TPSA) is 193 Å². The molecule has 338 valence electrons. The third-order valence-corrected chi connectivity index (χ3v) is 14.5. The number of amides is 4.